The van der Waals surface area contributed by atoms with Crippen molar-refractivity contribution in [2.24, 2.45) is 11.8 Å². The quantitative estimate of drug-likeness (QED) is 0.107. The highest BCUT2D eigenvalue weighted by atomic mass is 19.4. The van der Waals surface area contributed by atoms with E-state index in [0.717, 1.165) is 67.5 Å². The topological polar surface area (TPSA) is 85.6 Å². The van der Waals surface area contributed by atoms with Gasteiger partial charge in [-0.15, -0.1) is 13.2 Å². The molecule has 2 fully saturated rings. The van der Waals surface area contributed by atoms with Crippen LogP contribution in [0.25, 0.3) is 0 Å². The number of halogens is 5. The van der Waals surface area contributed by atoms with Gasteiger partial charge in [-0.25, -0.2) is 18.4 Å². The lowest BCUT2D eigenvalue weighted by Crippen LogP contribution is -2.17. The normalized spacial score (nSPS) is 19.9. The Morgan fingerprint density at radius 2 is 1.13 bits per heavy atom. The highest BCUT2D eigenvalue weighted by molar-refractivity contribution is 5.91. The van der Waals surface area contributed by atoms with E-state index in [1.165, 1.54) is 55.5 Å². The number of rotatable bonds is 7. The van der Waals surface area contributed by atoms with Gasteiger partial charge in [0.25, 0.3) is 0 Å². The van der Waals surface area contributed by atoms with Crippen LogP contribution < -0.4 is 14.2 Å². The molecule has 4 aromatic carbocycles. The predicted octanol–water partition coefficient (Wildman–Crippen LogP) is 11.4. The summed E-state index contributed by atoms with van der Waals surface area (Å²) in [5.74, 6) is -0.834. The van der Waals surface area contributed by atoms with E-state index in [-0.39, 0.29) is 28.5 Å². The molecule has 6 rings (SSSR count). The van der Waals surface area contributed by atoms with Crippen LogP contribution in [0.4, 0.5) is 22.0 Å². The first-order valence-electron chi connectivity index (χ1n) is 17.7. The monoisotopic (exact) mass is 733 g/mol. The zero-order valence-electron chi connectivity index (χ0n) is 29.4. The number of nitrogens with zero attached hydrogens (tertiary/aromatic N) is 1. The van der Waals surface area contributed by atoms with Crippen LogP contribution in [-0.4, -0.2) is 18.3 Å². The number of benzene rings is 4. The minimum atomic E-state index is -4.81. The summed E-state index contributed by atoms with van der Waals surface area (Å²) in [7, 11) is 0. The van der Waals surface area contributed by atoms with Gasteiger partial charge in [0.2, 0.25) is 0 Å². The molecule has 0 bridgehead atoms. The SMILES string of the molecule is CC1CCC(c2ccc(C(=O)Oc3ccc(C#N)c(F)c3)cc2)CC1.CC1CCC(c2ccc(C(=O)Oc3ccc(OC(F)(F)F)cc3)c(F)c2)CC1. The summed E-state index contributed by atoms with van der Waals surface area (Å²) in [5, 5.41) is 8.72. The summed E-state index contributed by atoms with van der Waals surface area (Å²) in [6, 6.07) is 21.8. The zero-order valence-corrected chi connectivity index (χ0v) is 29.4. The molecular formula is C42H40F5NO5. The summed E-state index contributed by atoms with van der Waals surface area (Å²) >= 11 is 0. The molecule has 0 spiro atoms. The Morgan fingerprint density at radius 1 is 0.623 bits per heavy atom. The molecule has 0 radical (unpaired) electrons. The van der Waals surface area contributed by atoms with Crippen LogP contribution in [0.3, 0.4) is 0 Å². The van der Waals surface area contributed by atoms with E-state index in [1.54, 1.807) is 24.3 Å². The van der Waals surface area contributed by atoms with Gasteiger partial charge < -0.3 is 14.2 Å². The van der Waals surface area contributed by atoms with Gasteiger partial charge in [0.1, 0.15) is 35.0 Å². The van der Waals surface area contributed by atoms with Crippen LogP contribution in [0.15, 0.2) is 84.9 Å². The predicted molar refractivity (Wildman–Crippen MR) is 188 cm³/mol. The van der Waals surface area contributed by atoms with Crippen LogP contribution in [0.2, 0.25) is 0 Å². The summed E-state index contributed by atoms with van der Waals surface area (Å²) in [4.78, 5) is 24.4. The fraction of sp³-hybridized carbons (Fsp3) is 0.357. The molecule has 0 amide bonds. The maximum Gasteiger partial charge on any atom is 0.573 e. The van der Waals surface area contributed by atoms with Gasteiger partial charge in [-0.1, -0.05) is 57.7 Å². The van der Waals surface area contributed by atoms with Gasteiger partial charge in [-0.3, -0.25) is 0 Å². The lowest BCUT2D eigenvalue weighted by atomic mass is 9.79. The van der Waals surface area contributed by atoms with Crippen molar-refractivity contribution in [2.75, 3.05) is 0 Å². The van der Waals surface area contributed by atoms with E-state index >= 15 is 0 Å². The molecule has 278 valence electrons. The first-order valence-corrected chi connectivity index (χ1v) is 17.7. The molecule has 0 aliphatic heterocycles. The molecule has 2 saturated carbocycles. The molecule has 0 atom stereocenters. The molecule has 0 heterocycles. The number of nitriles is 1. The minimum absolute atomic E-state index is 0.00994. The Morgan fingerprint density at radius 3 is 1.66 bits per heavy atom. The standard InChI is InChI=1S/C21H20F4O3.C21H20FNO2/c1-13-2-4-14(5-3-13)15-6-11-18(19(22)12-15)20(26)27-16-7-9-17(10-8-16)28-21(23,24)25;1-14-2-4-15(5-3-14)16-6-8-17(9-7-16)21(24)25-19-11-10-18(13-23)20(22)12-19/h6-14H,2-5H2,1H3;6-12,14-15H,2-5H2,1H3. The Balaban J connectivity index is 0.000000206. The van der Waals surface area contributed by atoms with Gasteiger partial charge in [-0.05, 0) is 121 Å². The van der Waals surface area contributed by atoms with E-state index in [0.29, 0.717) is 17.4 Å². The molecule has 0 saturated heterocycles. The van der Waals surface area contributed by atoms with Gasteiger partial charge in [-0.2, -0.15) is 5.26 Å². The number of esters is 2. The van der Waals surface area contributed by atoms with E-state index in [2.05, 4.69) is 18.6 Å². The van der Waals surface area contributed by atoms with E-state index in [9.17, 15) is 31.5 Å². The van der Waals surface area contributed by atoms with Crippen molar-refractivity contribution in [3.8, 4) is 23.3 Å². The van der Waals surface area contributed by atoms with Crippen molar-refractivity contribution in [3.05, 3.63) is 124 Å². The summed E-state index contributed by atoms with van der Waals surface area (Å²) in [5.41, 5.74) is 2.26. The zero-order chi connectivity index (χ0) is 38.1. The Hall–Kier alpha value is -5.24. The fourth-order valence-corrected chi connectivity index (χ4v) is 6.72. The number of ether oxygens (including phenoxy) is 3. The third kappa shape index (κ3) is 11.1. The van der Waals surface area contributed by atoms with Crippen molar-refractivity contribution in [1.29, 1.82) is 5.26 Å². The van der Waals surface area contributed by atoms with Crippen LogP contribution in [0, 0.1) is 34.8 Å². The molecule has 6 nitrogen and oxygen atoms in total. The highest BCUT2D eigenvalue weighted by Crippen LogP contribution is 2.37. The molecule has 4 aromatic rings. The number of hydrogen-bond acceptors (Lipinski definition) is 6. The maximum atomic E-state index is 14.4. The van der Waals surface area contributed by atoms with E-state index < -0.39 is 35.7 Å². The second-order valence-electron chi connectivity index (χ2n) is 13.8. The molecule has 0 N–H and O–H groups in total. The molecule has 11 heteroatoms. The number of carbonyl (C=O) groups excluding carboxylic acids is 2. The van der Waals surface area contributed by atoms with Gasteiger partial charge in [0.05, 0.1) is 16.7 Å². The lowest BCUT2D eigenvalue weighted by molar-refractivity contribution is -0.274. The van der Waals surface area contributed by atoms with Crippen LogP contribution in [0.5, 0.6) is 17.2 Å². The van der Waals surface area contributed by atoms with E-state index in [4.69, 9.17) is 14.7 Å². The smallest absolute Gasteiger partial charge is 0.423 e. The first kappa shape index (κ1) is 39.0. The Bertz CT molecular complexity index is 1900. The molecule has 0 aromatic heterocycles. The molecule has 2 aliphatic carbocycles. The van der Waals surface area contributed by atoms with Crippen LogP contribution in [0.1, 0.15) is 114 Å². The molecule has 53 heavy (non-hydrogen) atoms. The lowest BCUT2D eigenvalue weighted by Gasteiger charge is -2.26. The average Bonchev–Trinajstić information content (AvgIpc) is 3.13. The van der Waals surface area contributed by atoms with Crippen LogP contribution in [-0.2, 0) is 0 Å². The average molecular weight is 734 g/mol. The van der Waals surface area contributed by atoms with Crippen molar-refractivity contribution >= 4 is 11.9 Å². The molecule has 2 aliphatic rings. The summed E-state index contributed by atoms with van der Waals surface area (Å²) in [6.45, 7) is 4.50. The van der Waals surface area contributed by atoms with Crippen molar-refractivity contribution < 1.29 is 45.8 Å². The first-order chi connectivity index (χ1) is 25.3. The van der Waals surface area contributed by atoms with E-state index in [1.807, 2.05) is 12.1 Å². The Labute approximate surface area is 305 Å². The molecular weight excluding hydrogens is 693 g/mol. The number of carbonyl (C=O) groups is 2. The van der Waals surface area contributed by atoms with Gasteiger partial charge in [0.15, 0.2) is 0 Å². The summed E-state index contributed by atoms with van der Waals surface area (Å²) < 4.78 is 78.5. The number of alkyl halides is 3. The van der Waals surface area contributed by atoms with Crippen molar-refractivity contribution in [3.63, 3.8) is 0 Å². The second-order valence-corrected chi connectivity index (χ2v) is 13.8. The van der Waals surface area contributed by atoms with Crippen molar-refractivity contribution in [2.45, 2.75) is 83.4 Å². The largest absolute Gasteiger partial charge is 0.573 e. The summed E-state index contributed by atoms with van der Waals surface area (Å²) in [6.07, 6.45) is 4.27. The third-order valence-corrected chi connectivity index (χ3v) is 9.87. The van der Waals surface area contributed by atoms with Crippen molar-refractivity contribution in [1.82, 2.24) is 0 Å². The maximum absolute atomic E-state index is 14.4. The Kier molecular flexibility index (Phi) is 12.9. The highest BCUT2D eigenvalue weighted by Gasteiger charge is 2.31. The minimum Gasteiger partial charge on any atom is -0.423 e. The van der Waals surface area contributed by atoms with Gasteiger partial charge in [0, 0.05) is 6.07 Å². The fourth-order valence-electron chi connectivity index (χ4n) is 6.72. The van der Waals surface area contributed by atoms with Gasteiger partial charge >= 0.3 is 18.3 Å². The molecule has 0 unspecified atom stereocenters. The second kappa shape index (κ2) is 17.5. The number of hydrogen-bond donors (Lipinski definition) is 0. The van der Waals surface area contributed by atoms with Crippen LogP contribution >= 0.6 is 0 Å². The third-order valence-electron chi connectivity index (χ3n) is 9.87.